The van der Waals surface area contributed by atoms with Crippen LogP contribution in [-0.2, 0) is 9.53 Å². The van der Waals surface area contributed by atoms with E-state index < -0.39 is 5.91 Å². The summed E-state index contributed by atoms with van der Waals surface area (Å²) in [4.78, 5) is 10.8. The fourth-order valence-electron chi connectivity index (χ4n) is 1.16. The number of carbonyl (C=O) groups is 1. The van der Waals surface area contributed by atoms with Gasteiger partial charge in [-0.15, -0.1) is 0 Å². The molecule has 4 heteroatoms. The molecule has 0 unspecified atom stereocenters. The van der Waals surface area contributed by atoms with Gasteiger partial charge in [0.15, 0.2) is 0 Å². The maximum atomic E-state index is 10.8. The molecule has 1 aliphatic rings. The van der Waals surface area contributed by atoms with Crippen molar-refractivity contribution >= 4 is 5.91 Å². The van der Waals surface area contributed by atoms with E-state index in [2.05, 4.69) is 5.32 Å². The number of hydrogen-bond donors (Lipinski definition) is 2. The van der Waals surface area contributed by atoms with E-state index >= 15 is 0 Å². The Bertz CT molecular complexity index is 195. The third kappa shape index (κ3) is 2.23. The summed E-state index contributed by atoms with van der Waals surface area (Å²) < 4.78 is 5.14. The molecule has 1 amide bonds. The summed E-state index contributed by atoms with van der Waals surface area (Å²) in [5, 5.41) is 3.03. The molecule has 0 spiro atoms. The summed E-state index contributed by atoms with van der Waals surface area (Å²) in [6.07, 6.45) is 2.62. The number of amides is 1. The van der Waals surface area contributed by atoms with Crippen LogP contribution in [0.15, 0.2) is 11.8 Å². The van der Waals surface area contributed by atoms with Gasteiger partial charge >= 0.3 is 0 Å². The Balaban J connectivity index is 2.42. The number of ether oxygens (including phenoxy) is 1. The van der Waals surface area contributed by atoms with Crippen molar-refractivity contribution in [3.05, 3.63) is 11.8 Å². The van der Waals surface area contributed by atoms with E-state index in [0.29, 0.717) is 12.3 Å². The highest BCUT2D eigenvalue weighted by atomic mass is 16.5. The second kappa shape index (κ2) is 4.11. The number of primary amides is 1. The zero-order valence-corrected chi connectivity index (χ0v) is 7.17. The van der Waals surface area contributed by atoms with Gasteiger partial charge in [0.05, 0.1) is 18.3 Å². The molecule has 68 valence electrons. The van der Waals surface area contributed by atoms with Crippen molar-refractivity contribution in [3.8, 4) is 0 Å². The number of hydrogen-bond acceptors (Lipinski definition) is 3. The highest BCUT2D eigenvalue weighted by molar-refractivity contribution is 5.91. The Hall–Kier alpha value is -1.03. The standard InChI is InChI=1S/C8H14N2O2/c1-2-7(8(9)11)10-6-3-4-12-5-6/h2,6,10H,3-5H2,1H3,(H2,9,11)/t6-/m0/s1. The van der Waals surface area contributed by atoms with Crippen molar-refractivity contribution < 1.29 is 9.53 Å². The lowest BCUT2D eigenvalue weighted by Gasteiger charge is -2.12. The van der Waals surface area contributed by atoms with E-state index in [1.807, 2.05) is 0 Å². The molecule has 0 aromatic rings. The molecule has 4 nitrogen and oxygen atoms in total. The van der Waals surface area contributed by atoms with Crippen molar-refractivity contribution in [2.45, 2.75) is 19.4 Å². The van der Waals surface area contributed by atoms with Crippen LogP contribution in [0.1, 0.15) is 13.3 Å². The number of nitrogens with one attached hydrogen (secondary N) is 1. The van der Waals surface area contributed by atoms with Gasteiger partial charge in [-0.2, -0.15) is 0 Å². The van der Waals surface area contributed by atoms with E-state index in [1.54, 1.807) is 13.0 Å². The molecule has 1 aliphatic heterocycles. The first-order valence-corrected chi connectivity index (χ1v) is 4.04. The van der Waals surface area contributed by atoms with Crippen LogP contribution in [0.5, 0.6) is 0 Å². The van der Waals surface area contributed by atoms with Crippen LogP contribution in [0.4, 0.5) is 0 Å². The monoisotopic (exact) mass is 170 g/mol. The third-order valence-corrected chi connectivity index (χ3v) is 1.84. The maximum Gasteiger partial charge on any atom is 0.264 e. The Morgan fingerprint density at radius 2 is 2.50 bits per heavy atom. The summed E-state index contributed by atoms with van der Waals surface area (Å²) in [6.45, 7) is 3.20. The molecule has 1 atom stereocenters. The Morgan fingerprint density at radius 1 is 1.75 bits per heavy atom. The van der Waals surface area contributed by atoms with Crippen LogP contribution >= 0.6 is 0 Å². The normalized spacial score (nSPS) is 24.1. The number of nitrogens with two attached hydrogens (primary N) is 1. The Labute approximate surface area is 71.8 Å². The highest BCUT2D eigenvalue weighted by Gasteiger charge is 2.17. The predicted octanol–water partition coefficient (Wildman–Crippen LogP) is -0.246. The van der Waals surface area contributed by atoms with Crippen LogP contribution in [0, 0.1) is 0 Å². The summed E-state index contributed by atoms with van der Waals surface area (Å²) in [5.41, 5.74) is 5.59. The van der Waals surface area contributed by atoms with Crippen molar-refractivity contribution in [2.24, 2.45) is 5.73 Å². The van der Waals surface area contributed by atoms with Crippen molar-refractivity contribution in [2.75, 3.05) is 13.2 Å². The molecule has 0 aromatic heterocycles. The molecule has 3 N–H and O–H groups in total. The van der Waals surface area contributed by atoms with E-state index in [1.165, 1.54) is 0 Å². The first kappa shape index (κ1) is 9.06. The lowest BCUT2D eigenvalue weighted by atomic mass is 10.2. The van der Waals surface area contributed by atoms with Gasteiger partial charge in [-0.25, -0.2) is 0 Å². The van der Waals surface area contributed by atoms with Gasteiger partial charge in [-0.3, -0.25) is 4.79 Å². The molecular formula is C8H14N2O2. The quantitative estimate of drug-likeness (QED) is 0.574. The molecule has 1 rings (SSSR count). The minimum Gasteiger partial charge on any atom is -0.379 e. The van der Waals surface area contributed by atoms with Crippen molar-refractivity contribution in [1.29, 1.82) is 0 Å². The zero-order chi connectivity index (χ0) is 8.97. The highest BCUT2D eigenvalue weighted by Crippen LogP contribution is 2.05. The van der Waals surface area contributed by atoms with Crippen LogP contribution in [-0.4, -0.2) is 25.2 Å². The minimum atomic E-state index is -0.413. The smallest absolute Gasteiger partial charge is 0.264 e. The lowest BCUT2D eigenvalue weighted by molar-refractivity contribution is -0.115. The summed E-state index contributed by atoms with van der Waals surface area (Å²) >= 11 is 0. The summed E-state index contributed by atoms with van der Waals surface area (Å²) in [7, 11) is 0. The van der Waals surface area contributed by atoms with Crippen LogP contribution < -0.4 is 11.1 Å². The first-order valence-electron chi connectivity index (χ1n) is 4.04. The summed E-state index contributed by atoms with van der Waals surface area (Å²) in [6, 6.07) is 0.240. The lowest BCUT2D eigenvalue weighted by Crippen LogP contribution is -2.34. The Morgan fingerprint density at radius 3 is 2.92 bits per heavy atom. The molecular weight excluding hydrogens is 156 g/mol. The molecule has 1 fully saturated rings. The second-order valence-electron chi connectivity index (χ2n) is 2.77. The molecule has 0 aromatic carbocycles. The first-order chi connectivity index (χ1) is 5.74. The van der Waals surface area contributed by atoms with Gasteiger partial charge in [0.25, 0.3) is 5.91 Å². The average molecular weight is 170 g/mol. The zero-order valence-electron chi connectivity index (χ0n) is 7.17. The fourth-order valence-corrected chi connectivity index (χ4v) is 1.16. The fraction of sp³-hybridized carbons (Fsp3) is 0.625. The van der Waals surface area contributed by atoms with Gasteiger partial charge < -0.3 is 15.8 Å². The van der Waals surface area contributed by atoms with E-state index in [4.69, 9.17) is 10.5 Å². The molecule has 1 saturated heterocycles. The third-order valence-electron chi connectivity index (χ3n) is 1.84. The topological polar surface area (TPSA) is 64.3 Å². The van der Waals surface area contributed by atoms with Gasteiger partial charge in [-0.1, -0.05) is 6.08 Å². The minimum absolute atomic E-state index is 0.240. The average Bonchev–Trinajstić information content (AvgIpc) is 2.51. The molecule has 0 saturated carbocycles. The molecule has 0 bridgehead atoms. The van der Waals surface area contributed by atoms with Crippen molar-refractivity contribution in [1.82, 2.24) is 5.32 Å². The van der Waals surface area contributed by atoms with Gasteiger partial charge in [0.1, 0.15) is 0 Å². The van der Waals surface area contributed by atoms with E-state index in [9.17, 15) is 4.79 Å². The Kier molecular flexibility index (Phi) is 3.10. The molecule has 0 aliphatic carbocycles. The molecule has 12 heavy (non-hydrogen) atoms. The largest absolute Gasteiger partial charge is 0.379 e. The van der Waals surface area contributed by atoms with Crippen LogP contribution in [0.25, 0.3) is 0 Å². The number of carbonyl (C=O) groups excluding carboxylic acids is 1. The number of rotatable bonds is 3. The van der Waals surface area contributed by atoms with Gasteiger partial charge in [0.2, 0.25) is 0 Å². The molecule has 0 radical (unpaired) electrons. The van der Waals surface area contributed by atoms with Crippen molar-refractivity contribution in [3.63, 3.8) is 0 Å². The summed E-state index contributed by atoms with van der Waals surface area (Å²) in [5.74, 6) is -0.413. The van der Waals surface area contributed by atoms with Gasteiger partial charge in [-0.05, 0) is 13.3 Å². The molecule has 1 heterocycles. The van der Waals surface area contributed by atoms with Crippen LogP contribution in [0.3, 0.4) is 0 Å². The SMILES string of the molecule is CC=C(N[C@H]1CCOC1)C(N)=O. The number of allylic oxidation sites excluding steroid dienone is 1. The van der Waals surface area contributed by atoms with Crippen LogP contribution in [0.2, 0.25) is 0 Å². The second-order valence-corrected chi connectivity index (χ2v) is 2.77. The van der Waals surface area contributed by atoms with E-state index in [0.717, 1.165) is 13.0 Å². The van der Waals surface area contributed by atoms with Gasteiger partial charge in [0, 0.05) is 6.61 Å². The predicted molar refractivity (Wildman–Crippen MR) is 45.3 cm³/mol. The maximum absolute atomic E-state index is 10.8. The van der Waals surface area contributed by atoms with E-state index in [-0.39, 0.29) is 6.04 Å².